The Balaban J connectivity index is 0.905. The largest absolute Gasteiger partial charge is 0.528 e. The predicted octanol–water partition coefficient (Wildman–Crippen LogP) is 16.4. The van der Waals surface area contributed by atoms with Gasteiger partial charge in [-0.3, -0.25) is 24.4 Å². The van der Waals surface area contributed by atoms with E-state index in [1.54, 1.807) is 30.6 Å². The number of fused-ring (bicyclic) bond motifs is 13. The fourth-order valence-electron chi connectivity index (χ4n) is 11.9. The number of halogens is 4. The average molecular weight is 1210 g/mol. The van der Waals surface area contributed by atoms with Gasteiger partial charge in [0, 0.05) is 93.1 Å². The van der Waals surface area contributed by atoms with Crippen molar-refractivity contribution in [3.8, 4) is 75.3 Å². The number of allylic oxidation sites excluding steroid dienone is 5. The standard InChI is InChI=1S/C65H28F4N8O5S4/c1-64(2)36-15-26(13-34-46(25(23-70)24-71)30-17-38(66)40(68)19-32(30)56(34)78)83-59(36)62-43(82-64)22-45(86-62)49-52-51(74-11-12-75-52)48(54-53(49)76-50-28-9-7-8-10-29(28)58(80)55(50)77-54)44-21-37-60(85-44)61-42(81-65(37,3)4)16-27(84-61)14-35-47(63(72-5)73-6)31-18-39(67)41(69)20-33(31)57(35)79/h7-22H,1-4H3/b34-13-,35-14-. The van der Waals surface area contributed by atoms with Crippen molar-refractivity contribution >= 4 is 108 Å². The Labute approximate surface area is 499 Å². The normalized spacial score (nSPS) is 16.1. The Hall–Kier alpha value is -10.4. The Morgan fingerprint density at radius 1 is 0.547 bits per heavy atom. The van der Waals surface area contributed by atoms with Crippen molar-refractivity contribution in [2.24, 2.45) is 0 Å². The highest BCUT2D eigenvalue weighted by molar-refractivity contribution is 7.25. The van der Waals surface area contributed by atoms with Crippen molar-refractivity contribution in [2.45, 2.75) is 38.9 Å². The molecule has 86 heavy (non-hydrogen) atoms. The molecular formula is C65H28F4N8O5S4. The molecule has 10 aromatic rings. The molecule has 0 N–H and O–H groups in total. The molecule has 0 fully saturated rings. The molecule has 2 aliphatic heterocycles. The number of aromatic nitrogens is 4. The van der Waals surface area contributed by atoms with Crippen LogP contribution in [-0.4, -0.2) is 37.3 Å². The molecular weight excluding hydrogens is 1180 g/mol. The molecule has 0 radical (unpaired) electrons. The molecule has 410 valence electrons. The van der Waals surface area contributed by atoms with Gasteiger partial charge in [-0.2, -0.15) is 20.2 Å². The van der Waals surface area contributed by atoms with Crippen molar-refractivity contribution in [1.29, 1.82) is 10.5 Å². The maximum Gasteiger partial charge on any atom is 0.528 e. The lowest BCUT2D eigenvalue weighted by Crippen LogP contribution is -2.27. The van der Waals surface area contributed by atoms with Gasteiger partial charge >= 0.3 is 5.82 Å². The van der Waals surface area contributed by atoms with Gasteiger partial charge < -0.3 is 9.47 Å². The number of thiophene rings is 4. The number of hydrogen-bond acceptors (Lipinski definition) is 15. The van der Waals surface area contributed by atoms with Gasteiger partial charge in [0.1, 0.15) is 87.0 Å². The molecule has 21 heteroatoms. The molecule has 0 saturated carbocycles. The summed E-state index contributed by atoms with van der Waals surface area (Å²) in [5, 5.41) is 20.0. The molecule has 6 aromatic heterocycles. The van der Waals surface area contributed by atoms with E-state index in [0.717, 1.165) is 45.1 Å². The minimum absolute atomic E-state index is 0.0509. The molecule has 4 aromatic carbocycles. The van der Waals surface area contributed by atoms with Gasteiger partial charge in [0.15, 0.2) is 34.8 Å². The summed E-state index contributed by atoms with van der Waals surface area (Å²) in [4.78, 5) is 75.0. The van der Waals surface area contributed by atoms with Crippen LogP contribution in [0.5, 0.6) is 11.5 Å². The smallest absolute Gasteiger partial charge is 0.482 e. The molecule has 3 aliphatic carbocycles. The van der Waals surface area contributed by atoms with E-state index >= 15 is 0 Å². The SMILES string of the molecule is [C-]#[N+]C([N+]#[C-])=C1/C(=C/c2cc3c(s2)-c2sc(-c4c5nccnc5c(-c5cc6c(s5)-c5sc(/C=C7\C(=O)c8cc(F)c(F)cc8C7=C(C#N)C#N)cc5C(C)(C)O6)c5nc6c(nc45)C(=O)c4ccccc4-6)cc2C(C)(C)O3)C(=O)c2cc(F)c(F)cc21. The van der Waals surface area contributed by atoms with Crippen molar-refractivity contribution in [1.82, 2.24) is 19.9 Å². The summed E-state index contributed by atoms with van der Waals surface area (Å²) in [5.41, 5.74) is 2.70. The first-order valence-electron chi connectivity index (χ1n) is 26.0. The fraction of sp³-hybridized carbons (Fsp3) is 0.0923. The van der Waals surface area contributed by atoms with Crippen LogP contribution in [0.15, 0.2) is 108 Å². The van der Waals surface area contributed by atoms with E-state index in [9.17, 15) is 42.5 Å². The van der Waals surface area contributed by atoms with Crippen molar-refractivity contribution in [3.63, 3.8) is 0 Å². The van der Waals surface area contributed by atoms with Crippen LogP contribution in [0.4, 0.5) is 17.6 Å². The topological polar surface area (TPSA) is 178 Å². The zero-order valence-electron chi connectivity index (χ0n) is 44.5. The Bertz CT molecular complexity index is 5280. The van der Waals surface area contributed by atoms with Crippen molar-refractivity contribution < 1.29 is 41.4 Å². The third kappa shape index (κ3) is 7.36. The van der Waals surface area contributed by atoms with Crippen LogP contribution >= 0.6 is 45.3 Å². The molecule has 0 saturated heterocycles. The molecule has 5 aliphatic rings. The van der Waals surface area contributed by atoms with Gasteiger partial charge in [-0.15, -0.1) is 45.3 Å². The van der Waals surface area contributed by atoms with E-state index in [0.29, 0.717) is 90.8 Å². The minimum atomic E-state index is -1.25. The second-order valence-corrected chi connectivity index (χ2v) is 25.7. The summed E-state index contributed by atoms with van der Waals surface area (Å²) in [6, 6.07) is 21.5. The summed E-state index contributed by atoms with van der Waals surface area (Å²) in [6.07, 6.45) is 6.18. The number of benzene rings is 4. The molecule has 0 bridgehead atoms. The van der Waals surface area contributed by atoms with Gasteiger partial charge in [-0.1, -0.05) is 24.3 Å². The van der Waals surface area contributed by atoms with Crippen molar-refractivity contribution in [2.75, 3.05) is 0 Å². The van der Waals surface area contributed by atoms with Gasteiger partial charge in [0.2, 0.25) is 5.78 Å². The van der Waals surface area contributed by atoms with Crippen LogP contribution in [0, 0.1) is 59.1 Å². The van der Waals surface area contributed by atoms with Gasteiger partial charge in [0.25, 0.3) is 0 Å². The first-order valence-corrected chi connectivity index (χ1v) is 29.2. The first kappa shape index (κ1) is 52.4. The van der Waals surface area contributed by atoms with Gasteiger partial charge in [-0.05, 0) is 99.5 Å². The summed E-state index contributed by atoms with van der Waals surface area (Å²) in [5.74, 6) is -6.09. The number of nitriles is 2. The highest BCUT2D eigenvalue weighted by atomic mass is 32.1. The van der Waals surface area contributed by atoms with Crippen LogP contribution in [0.25, 0.3) is 107 Å². The lowest BCUT2D eigenvalue weighted by Gasteiger charge is -2.31. The zero-order chi connectivity index (χ0) is 59.7. The lowest BCUT2D eigenvalue weighted by molar-refractivity contribution is 0.103. The maximum atomic E-state index is 14.7. The molecule has 0 unspecified atom stereocenters. The van der Waals surface area contributed by atoms with Crippen LogP contribution < -0.4 is 9.47 Å². The highest BCUT2D eigenvalue weighted by Crippen LogP contribution is 2.59. The maximum absolute atomic E-state index is 14.7. The molecule has 0 spiro atoms. The van der Waals surface area contributed by atoms with E-state index in [2.05, 4.69) is 9.69 Å². The van der Waals surface area contributed by atoms with E-state index in [1.807, 2.05) is 70.2 Å². The predicted molar refractivity (Wildman–Crippen MR) is 318 cm³/mol. The Kier molecular flexibility index (Phi) is 11.2. The fourth-order valence-corrected chi connectivity index (χ4v) is 17.0. The quantitative estimate of drug-likeness (QED) is 0.0538. The Morgan fingerprint density at radius 2 is 1.01 bits per heavy atom. The minimum Gasteiger partial charge on any atom is -0.482 e. The third-order valence-corrected chi connectivity index (χ3v) is 20.4. The monoisotopic (exact) mass is 1200 g/mol. The average Bonchev–Trinajstić information content (AvgIpc) is 1.51. The second-order valence-electron chi connectivity index (χ2n) is 21.4. The second kappa shape index (κ2) is 18.3. The van der Waals surface area contributed by atoms with Crippen LogP contribution in [0.2, 0.25) is 0 Å². The van der Waals surface area contributed by atoms with E-state index in [-0.39, 0.29) is 56.0 Å². The van der Waals surface area contributed by atoms with E-state index < -0.39 is 57.4 Å². The summed E-state index contributed by atoms with van der Waals surface area (Å²) >= 11 is 5.41. The van der Waals surface area contributed by atoms with Crippen molar-refractivity contribution in [3.05, 3.63) is 208 Å². The van der Waals surface area contributed by atoms with Crippen LogP contribution in [0.1, 0.15) is 96.5 Å². The molecule has 13 nitrogen and oxygen atoms in total. The van der Waals surface area contributed by atoms with Crippen LogP contribution in [-0.2, 0) is 11.2 Å². The number of carbonyl (C=O) groups is 3. The zero-order valence-corrected chi connectivity index (χ0v) is 47.8. The number of rotatable bonds is 4. The lowest BCUT2D eigenvalue weighted by atomic mass is 9.93. The van der Waals surface area contributed by atoms with E-state index in [4.69, 9.17) is 42.6 Å². The highest BCUT2D eigenvalue weighted by Gasteiger charge is 2.43. The number of ketones is 3. The summed E-state index contributed by atoms with van der Waals surface area (Å²) in [6.45, 7) is 23.1. The number of carbonyl (C=O) groups excluding carboxylic acids is 3. The molecule has 15 rings (SSSR count). The van der Waals surface area contributed by atoms with Gasteiger partial charge in [-0.25, -0.2) is 27.5 Å². The summed E-state index contributed by atoms with van der Waals surface area (Å²) < 4.78 is 72.1. The number of nitrogens with zero attached hydrogens (tertiary/aromatic N) is 8. The molecule has 8 heterocycles. The Morgan fingerprint density at radius 3 is 1.60 bits per heavy atom. The molecule has 0 atom stereocenters. The van der Waals surface area contributed by atoms with Gasteiger partial charge in [0.05, 0.1) is 25.1 Å². The molecule has 0 amide bonds. The first-order chi connectivity index (χ1) is 41.3. The number of Topliss-reactive ketones (excluding diaryl/α,β-unsaturated/α-hetero) is 2. The van der Waals surface area contributed by atoms with E-state index in [1.165, 1.54) is 57.5 Å². The summed E-state index contributed by atoms with van der Waals surface area (Å²) in [7, 11) is 0. The van der Waals surface area contributed by atoms with Crippen LogP contribution in [0.3, 0.4) is 0 Å². The number of hydrogen-bond donors (Lipinski definition) is 0. The number of ether oxygens (including phenoxy) is 2. The third-order valence-electron chi connectivity index (χ3n) is 15.7.